The Labute approximate surface area is 118 Å². The van der Waals surface area contributed by atoms with Crippen molar-refractivity contribution in [3.63, 3.8) is 0 Å². The average Bonchev–Trinajstić information content (AvgIpc) is 3.08. The van der Waals surface area contributed by atoms with Crippen molar-refractivity contribution in [3.8, 4) is 0 Å². The van der Waals surface area contributed by atoms with E-state index in [4.69, 9.17) is 0 Å². The normalized spacial score (nSPS) is 20.4. The Balaban J connectivity index is 1.83. The van der Waals surface area contributed by atoms with E-state index in [0.717, 1.165) is 6.42 Å². The number of aryl methyl sites for hydroxylation is 1. The maximum atomic E-state index is 12.6. The Morgan fingerprint density at radius 2 is 2.05 bits per heavy atom. The van der Waals surface area contributed by atoms with Crippen LogP contribution in [0.2, 0.25) is 0 Å². The minimum absolute atomic E-state index is 0.276. The standard InChI is InChI=1S/C14H17N3O2S/c1-11-14(9-15-16-11)20(18,19)17-8-7-13(10-17)12-5-3-2-4-6-12/h2-6,9,13H,7-8,10H2,1H3,(H,15,16). The second-order valence-corrected chi connectivity index (χ2v) is 7.02. The second-order valence-electron chi connectivity index (χ2n) is 5.12. The summed E-state index contributed by atoms with van der Waals surface area (Å²) < 4.78 is 26.7. The van der Waals surface area contributed by atoms with Crippen LogP contribution in [0.25, 0.3) is 0 Å². The van der Waals surface area contributed by atoms with Crippen LogP contribution in [0, 0.1) is 6.92 Å². The summed E-state index contributed by atoms with van der Waals surface area (Å²) in [6.07, 6.45) is 2.25. The number of hydrogen-bond donors (Lipinski definition) is 1. The Hall–Kier alpha value is -1.66. The molecule has 0 spiro atoms. The summed E-state index contributed by atoms with van der Waals surface area (Å²) in [4.78, 5) is 0.284. The lowest BCUT2D eigenvalue weighted by Crippen LogP contribution is -2.28. The van der Waals surface area contributed by atoms with E-state index in [9.17, 15) is 8.42 Å². The highest BCUT2D eigenvalue weighted by Crippen LogP contribution is 2.31. The van der Waals surface area contributed by atoms with Gasteiger partial charge in [-0.25, -0.2) is 8.42 Å². The summed E-state index contributed by atoms with van der Waals surface area (Å²) in [6, 6.07) is 10.1. The number of H-pyrrole nitrogens is 1. The second kappa shape index (κ2) is 5.03. The molecule has 2 heterocycles. The molecule has 3 rings (SSSR count). The van der Waals surface area contributed by atoms with Crippen LogP contribution in [-0.4, -0.2) is 36.0 Å². The predicted molar refractivity (Wildman–Crippen MR) is 75.9 cm³/mol. The van der Waals surface area contributed by atoms with E-state index in [-0.39, 0.29) is 10.8 Å². The minimum Gasteiger partial charge on any atom is -0.281 e. The van der Waals surface area contributed by atoms with Crippen LogP contribution < -0.4 is 0 Å². The number of aromatic amines is 1. The number of nitrogens with zero attached hydrogens (tertiary/aromatic N) is 2. The zero-order valence-corrected chi connectivity index (χ0v) is 12.1. The lowest BCUT2D eigenvalue weighted by Gasteiger charge is -2.16. The van der Waals surface area contributed by atoms with Crippen molar-refractivity contribution in [1.29, 1.82) is 0 Å². The van der Waals surface area contributed by atoms with E-state index >= 15 is 0 Å². The first kappa shape index (κ1) is 13.3. The molecule has 1 aliphatic rings. The Bertz CT molecular complexity index is 694. The van der Waals surface area contributed by atoms with Gasteiger partial charge in [-0.1, -0.05) is 30.3 Å². The topological polar surface area (TPSA) is 66.1 Å². The molecule has 0 amide bonds. The number of aromatic nitrogens is 2. The zero-order chi connectivity index (χ0) is 14.2. The highest BCUT2D eigenvalue weighted by Gasteiger charge is 2.34. The van der Waals surface area contributed by atoms with Crippen LogP contribution in [-0.2, 0) is 10.0 Å². The summed E-state index contributed by atoms with van der Waals surface area (Å²) in [7, 11) is -3.43. The molecule has 0 bridgehead atoms. The van der Waals surface area contributed by atoms with Crippen LogP contribution in [0.3, 0.4) is 0 Å². The fraction of sp³-hybridized carbons (Fsp3) is 0.357. The molecule has 1 unspecified atom stereocenters. The molecule has 1 aromatic carbocycles. The van der Waals surface area contributed by atoms with Gasteiger partial charge in [0.25, 0.3) is 0 Å². The van der Waals surface area contributed by atoms with Gasteiger partial charge in [-0.05, 0) is 24.8 Å². The SMILES string of the molecule is Cc1[nH]ncc1S(=O)(=O)N1CCC(c2ccccc2)C1. The van der Waals surface area contributed by atoms with E-state index in [1.54, 1.807) is 11.2 Å². The molecule has 0 aliphatic carbocycles. The molecule has 20 heavy (non-hydrogen) atoms. The first-order chi connectivity index (χ1) is 9.59. The van der Waals surface area contributed by atoms with Crippen LogP contribution in [0.1, 0.15) is 23.6 Å². The lowest BCUT2D eigenvalue weighted by atomic mass is 9.99. The van der Waals surface area contributed by atoms with Gasteiger partial charge in [0.15, 0.2) is 0 Å². The fourth-order valence-electron chi connectivity index (χ4n) is 2.68. The third-order valence-corrected chi connectivity index (χ3v) is 5.80. The number of sulfonamides is 1. The van der Waals surface area contributed by atoms with Gasteiger partial charge >= 0.3 is 0 Å². The smallest absolute Gasteiger partial charge is 0.246 e. The van der Waals surface area contributed by atoms with Gasteiger partial charge in [0.05, 0.1) is 11.9 Å². The maximum absolute atomic E-state index is 12.6. The summed E-state index contributed by atoms with van der Waals surface area (Å²) in [5.41, 5.74) is 1.79. The molecule has 1 N–H and O–H groups in total. The van der Waals surface area contributed by atoms with Crippen molar-refractivity contribution in [2.75, 3.05) is 13.1 Å². The lowest BCUT2D eigenvalue weighted by molar-refractivity contribution is 0.472. The van der Waals surface area contributed by atoms with Gasteiger partial charge in [-0.15, -0.1) is 0 Å². The van der Waals surface area contributed by atoms with Crippen molar-refractivity contribution in [1.82, 2.24) is 14.5 Å². The van der Waals surface area contributed by atoms with E-state index in [0.29, 0.717) is 18.8 Å². The molecule has 1 fully saturated rings. The largest absolute Gasteiger partial charge is 0.281 e. The van der Waals surface area contributed by atoms with Crippen molar-refractivity contribution in [3.05, 3.63) is 47.8 Å². The molecule has 0 saturated carbocycles. The van der Waals surface area contributed by atoms with Crippen molar-refractivity contribution in [2.45, 2.75) is 24.2 Å². The van der Waals surface area contributed by atoms with Gasteiger partial charge in [-0.2, -0.15) is 9.40 Å². The van der Waals surface area contributed by atoms with E-state index in [1.807, 2.05) is 18.2 Å². The molecular formula is C14H17N3O2S. The molecule has 1 aliphatic heterocycles. The number of hydrogen-bond acceptors (Lipinski definition) is 3. The van der Waals surface area contributed by atoms with Gasteiger partial charge in [0.2, 0.25) is 10.0 Å². The fourth-order valence-corrected chi connectivity index (χ4v) is 4.30. The van der Waals surface area contributed by atoms with Crippen molar-refractivity contribution in [2.24, 2.45) is 0 Å². The monoisotopic (exact) mass is 291 g/mol. The molecule has 1 aromatic heterocycles. The van der Waals surface area contributed by atoms with E-state index in [1.165, 1.54) is 11.8 Å². The number of benzene rings is 1. The summed E-state index contributed by atoms with van der Waals surface area (Å²) >= 11 is 0. The number of rotatable bonds is 3. The molecular weight excluding hydrogens is 274 g/mol. The van der Waals surface area contributed by atoms with Gasteiger partial charge in [-0.3, -0.25) is 5.10 Å². The third kappa shape index (κ3) is 2.25. The van der Waals surface area contributed by atoms with Gasteiger partial charge in [0, 0.05) is 13.1 Å². The summed E-state index contributed by atoms with van der Waals surface area (Å²) in [6.45, 7) is 2.83. The van der Waals surface area contributed by atoms with E-state index in [2.05, 4.69) is 22.3 Å². The van der Waals surface area contributed by atoms with E-state index < -0.39 is 10.0 Å². The van der Waals surface area contributed by atoms with Crippen LogP contribution >= 0.6 is 0 Å². The zero-order valence-electron chi connectivity index (χ0n) is 11.3. The first-order valence-electron chi connectivity index (χ1n) is 6.64. The van der Waals surface area contributed by atoms with Crippen molar-refractivity contribution < 1.29 is 8.42 Å². The highest BCUT2D eigenvalue weighted by atomic mass is 32.2. The quantitative estimate of drug-likeness (QED) is 0.939. The predicted octanol–water partition coefficient (Wildman–Crippen LogP) is 1.90. The van der Waals surface area contributed by atoms with Crippen molar-refractivity contribution >= 4 is 10.0 Å². The maximum Gasteiger partial charge on any atom is 0.246 e. The molecule has 1 atom stereocenters. The molecule has 0 radical (unpaired) electrons. The van der Waals surface area contributed by atoms with Crippen LogP contribution in [0.5, 0.6) is 0 Å². The molecule has 5 nitrogen and oxygen atoms in total. The highest BCUT2D eigenvalue weighted by molar-refractivity contribution is 7.89. The molecule has 2 aromatic rings. The Morgan fingerprint density at radius 1 is 1.30 bits per heavy atom. The summed E-state index contributed by atoms with van der Waals surface area (Å²) in [5, 5.41) is 6.49. The number of nitrogens with one attached hydrogen (secondary N) is 1. The Morgan fingerprint density at radius 3 is 2.70 bits per heavy atom. The first-order valence-corrected chi connectivity index (χ1v) is 8.08. The van der Waals surface area contributed by atoms with Gasteiger partial charge < -0.3 is 0 Å². The van der Waals surface area contributed by atoms with Gasteiger partial charge in [0.1, 0.15) is 4.90 Å². The summed E-state index contributed by atoms with van der Waals surface area (Å²) in [5.74, 6) is 0.276. The van der Waals surface area contributed by atoms with Crippen LogP contribution in [0.4, 0.5) is 0 Å². The molecule has 6 heteroatoms. The Kier molecular flexibility index (Phi) is 3.35. The molecule has 1 saturated heterocycles. The van der Waals surface area contributed by atoms with Crippen LogP contribution in [0.15, 0.2) is 41.4 Å². The average molecular weight is 291 g/mol. The molecule has 106 valence electrons. The third-order valence-electron chi connectivity index (χ3n) is 3.82. The minimum atomic E-state index is -3.43.